The number of ether oxygens (including phenoxy) is 1. The predicted octanol–water partition coefficient (Wildman–Crippen LogP) is 0.833. The normalized spacial score (nSPS) is 20.7. The minimum Gasteiger partial charge on any atom is -0.493 e. The van der Waals surface area contributed by atoms with E-state index in [2.05, 4.69) is 15.4 Å². The number of nitrogens with one attached hydrogen (secondary N) is 1. The molecule has 1 atom stereocenters. The molecule has 1 aliphatic rings. The second-order valence-electron chi connectivity index (χ2n) is 5.50. The van der Waals surface area contributed by atoms with Gasteiger partial charge in [0.2, 0.25) is 5.91 Å². The number of H-pyrrole nitrogens is 1. The number of carbonyl (C=O) groups is 1. The molecule has 0 radical (unpaired) electrons. The van der Waals surface area contributed by atoms with Crippen molar-refractivity contribution in [1.82, 2.24) is 20.3 Å². The fourth-order valence-electron chi connectivity index (χ4n) is 2.59. The summed E-state index contributed by atoms with van der Waals surface area (Å²) in [5.74, 6) is 0.0730. The summed E-state index contributed by atoms with van der Waals surface area (Å²) >= 11 is 0. The number of aromatic nitrogens is 3. The molecule has 1 aliphatic heterocycles. The fraction of sp³-hybridized carbons (Fsp3) is 0.400. The summed E-state index contributed by atoms with van der Waals surface area (Å²) in [4.78, 5) is 13.8. The number of likely N-dealkylation sites (tertiary alicyclic amines) is 1. The van der Waals surface area contributed by atoms with Crippen molar-refractivity contribution in [3.8, 4) is 5.75 Å². The van der Waals surface area contributed by atoms with E-state index < -0.39 is 5.60 Å². The highest BCUT2D eigenvalue weighted by Crippen LogP contribution is 2.30. The summed E-state index contributed by atoms with van der Waals surface area (Å²) in [7, 11) is 0. The summed E-state index contributed by atoms with van der Waals surface area (Å²) in [5.41, 5.74) is -0.712. The van der Waals surface area contributed by atoms with E-state index in [0.717, 1.165) is 0 Å². The summed E-state index contributed by atoms with van der Waals surface area (Å²) in [6, 6.07) is 5.63. The van der Waals surface area contributed by atoms with Gasteiger partial charge in [-0.1, -0.05) is 0 Å². The standard InChI is InChI=1S/C15H17FN4O3/c16-11-1-3-12(4-2-11)23-8-5-14(21)20-7-6-15(22,10-20)13-9-17-19-18-13/h1-4,9,22H,5-8,10H2,(H,17,18,19). The van der Waals surface area contributed by atoms with Crippen molar-refractivity contribution >= 4 is 5.91 Å². The van der Waals surface area contributed by atoms with Crippen LogP contribution in [0.2, 0.25) is 0 Å². The molecule has 1 saturated heterocycles. The Labute approximate surface area is 132 Å². The zero-order valence-electron chi connectivity index (χ0n) is 12.4. The van der Waals surface area contributed by atoms with Gasteiger partial charge < -0.3 is 14.7 Å². The van der Waals surface area contributed by atoms with E-state index in [9.17, 15) is 14.3 Å². The van der Waals surface area contributed by atoms with Crippen molar-refractivity contribution in [2.24, 2.45) is 0 Å². The second-order valence-corrected chi connectivity index (χ2v) is 5.50. The predicted molar refractivity (Wildman–Crippen MR) is 78.0 cm³/mol. The van der Waals surface area contributed by atoms with Crippen molar-refractivity contribution in [3.63, 3.8) is 0 Å². The first-order valence-corrected chi connectivity index (χ1v) is 7.32. The summed E-state index contributed by atoms with van der Waals surface area (Å²) in [6.45, 7) is 0.844. The first kappa shape index (κ1) is 15.4. The quantitative estimate of drug-likeness (QED) is 0.851. The molecule has 7 nitrogen and oxygen atoms in total. The summed E-state index contributed by atoms with van der Waals surface area (Å²) in [6.07, 6.45) is 2.07. The Hall–Kier alpha value is -2.48. The van der Waals surface area contributed by atoms with E-state index in [0.29, 0.717) is 24.4 Å². The molecule has 0 bridgehead atoms. The molecule has 0 spiro atoms. The van der Waals surface area contributed by atoms with Gasteiger partial charge in [0, 0.05) is 13.0 Å². The first-order valence-electron chi connectivity index (χ1n) is 7.32. The average molecular weight is 320 g/mol. The number of hydrogen-bond donors (Lipinski definition) is 2. The minimum absolute atomic E-state index is 0.105. The monoisotopic (exact) mass is 320 g/mol. The smallest absolute Gasteiger partial charge is 0.226 e. The van der Waals surface area contributed by atoms with E-state index in [1.54, 1.807) is 4.90 Å². The minimum atomic E-state index is -1.15. The number of aromatic amines is 1. The number of β-amino-alcohol motifs (C(OH)–C–C–N with tert-alkyl or cyclic N) is 1. The van der Waals surface area contributed by atoms with Gasteiger partial charge in [0.25, 0.3) is 0 Å². The Balaban J connectivity index is 1.49. The van der Waals surface area contributed by atoms with Crippen molar-refractivity contribution < 1.29 is 19.0 Å². The van der Waals surface area contributed by atoms with Crippen LogP contribution in [0, 0.1) is 5.82 Å². The first-order chi connectivity index (χ1) is 11.1. The third-order valence-electron chi connectivity index (χ3n) is 3.89. The van der Waals surface area contributed by atoms with E-state index in [1.807, 2.05) is 0 Å². The lowest BCUT2D eigenvalue weighted by atomic mass is 10.0. The van der Waals surface area contributed by atoms with E-state index >= 15 is 0 Å². The van der Waals surface area contributed by atoms with E-state index in [4.69, 9.17) is 4.74 Å². The van der Waals surface area contributed by atoms with Crippen LogP contribution in [0.4, 0.5) is 4.39 Å². The maximum Gasteiger partial charge on any atom is 0.226 e. The van der Waals surface area contributed by atoms with E-state index in [1.165, 1.54) is 30.5 Å². The summed E-state index contributed by atoms with van der Waals surface area (Å²) < 4.78 is 18.2. The largest absolute Gasteiger partial charge is 0.493 e. The van der Waals surface area contributed by atoms with Gasteiger partial charge in [-0.3, -0.25) is 4.79 Å². The third-order valence-corrected chi connectivity index (χ3v) is 3.89. The van der Waals surface area contributed by atoms with Gasteiger partial charge in [0.1, 0.15) is 22.9 Å². The van der Waals surface area contributed by atoms with Gasteiger partial charge in [-0.2, -0.15) is 15.4 Å². The van der Waals surface area contributed by atoms with Crippen LogP contribution in [0.5, 0.6) is 5.75 Å². The number of amides is 1. The van der Waals surface area contributed by atoms with Gasteiger partial charge in [-0.25, -0.2) is 4.39 Å². The molecule has 23 heavy (non-hydrogen) atoms. The average Bonchev–Trinajstić information content (AvgIpc) is 3.19. The van der Waals surface area contributed by atoms with Crippen LogP contribution in [-0.2, 0) is 10.4 Å². The number of halogens is 1. The van der Waals surface area contributed by atoms with Gasteiger partial charge in [-0.05, 0) is 24.3 Å². The van der Waals surface area contributed by atoms with Crippen molar-refractivity contribution in [2.45, 2.75) is 18.4 Å². The number of hydrogen-bond acceptors (Lipinski definition) is 5. The Morgan fingerprint density at radius 3 is 2.91 bits per heavy atom. The van der Waals surface area contributed by atoms with Gasteiger partial charge in [0.05, 0.1) is 25.8 Å². The molecule has 1 unspecified atom stereocenters. The van der Waals surface area contributed by atoms with Crippen molar-refractivity contribution in [1.29, 1.82) is 0 Å². The number of benzene rings is 1. The maximum atomic E-state index is 12.8. The Bertz CT molecular complexity index is 662. The van der Waals surface area contributed by atoms with Crippen LogP contribution in [0.1, 0.15) is 18.5 Å². The van der Waals surface area contributed by atoms with Crippen LogP contribution < -0.4 is 4.74 Å². The molecule has 122 valence electrons. The number of aliphatic hydroxyl groups is 1. The van der Waals surface area contributed by atoms with Crippen LogP contribution in [0.15, 0.2) is 30.5 Å². The van der Waals surface area contributed by atoms with Gasteiger partial charge in [0.15, 0.2) is 0 Å². The Kier molecular flexibility index (Phi) is 4.24. The van der Waals surface area contributed by atoms with Crippen LogP contribution in [0.25, 0.3) is 0 Å². The second kappa shape index (κ2) is 6.33. The molecular weight excluding hydrogens is 303 g/mol. The highest BCUT2D eigenvalue weighted by Gasteiger charge is 2.41. The lowest BCUT2D eigenvalue weighted by Gasteiger charge is -2.21. The molecule has 1 amide bonds. The lowest BCUT2D eigenvalue weighted by molar-refractivity contribution is -0.131. The number of nitrogens with zero attached hydrogens (tertiary/aromatic N) is 3. The fourth-order valence-corrected chi connectivity index (χ4v) is 2.59. The Morgan fingerprint density at radius 1 is 1.43 bits per heavy atom. The molecule has 2 N–H and O–H groups in total. The molecule has 1 fully saturated rings. The third kappa shape index (κ3) is 3.48. The molecule has 2 aromatic rings. The van der Waals surface area contributed by atoms with Crippen molar-refractivity contribution in [2.75, 3.05) is 19.7 Å². The van der Waals surface area contributed by atoms with Gasteiger partial charge >= 0.3 is 0 Å². The highest BCUT2D eigenvalue weighted by molar-refractivity contribution is 5.76. The summed E-state index contributed by atoms with van der Waals surface area (Å²) in [5, 5.41) is 20.6. The molecule has 8 heteroatoms. The zero-order chi connectivity index (χ0) is 16.3. The number of carbonyl (C=O) groups excluding carboxylic acids is 1. The molecule has 0 saturated carbocycles. The van der Waals surface area contributed by atoms with Crippen molar-refractivity contribution in [3.05, 3.63) is 42.0 Å². The topological polar surface area (TPSA) is 91.3 Å². The molecule has 1 aromatic heterocycles. The Morgan fingerprint density at radius 2 is 2.22 bits per heavy atom. The highest BCUT2D eigenvalue weighted by atomic mass is 19.1. The van der Waals surface area contributed by atoms with E-state index in [-0.39, 0.29) is 31.3 Å². The van der Waals surface area contributed by atoms with Gasteiger partial charge in [-0.15, -0.1) is 0 Å². The lowest BCUT2D eigenvalue weighted by Crippen LogP contribution is -2.35. The number of rotatable bonds is 5. The molecule has 0 aliphatic carbocycles. The zero-order valence-corrected chi connectivity index (χ0v) is 12.4. The molecular formula is C15H17FN4O3. The molecule has 2 heterocycles. The van der Waals surface area contributed by atoms with Crippen LogP contribution in [-0.4, -0.2) is 51.0 Å². The SMILES string of the molecule is O=C(CCOc1ccc(F)cc1)N1CCC(O)(c2cn[nH]n2)C1. The maximum absolute atomic E-state index is 12.8. The molecule has 3 rings (SSSR count). The molecule has 1 aromatic carbocycles. The van der Waals surface area contributed by atoms with Crippen LogP contribution in [0.3, 0.4) is 0 Å². The van der Waals surface area contributed by atoms with Crippen LogP contribution >= 0.6 is 0 Å².